The average molecular weight is 373 g/mol. The Morgan fingerprint density at radius 3 is 1.32 bits per heavy atom. The van der Waals surface area contributed by atoms with E-state index in [9.17, 15) is 4.79 Å². The quantitative estimate of drug-likeness (QED) is 0.108. The van der Waals surface area contributed by atoms with Crippen LogP contribution in [0.2, 0.25) is 0 Å². The summed E-state index contributed by atoms with van der Waals surface area (Å²) in [6.07, 6.45) is 23.7. The highest BCUT2D eigenvalue weighted by atomic mass is 32.1. The van der Waals surface area contributed by atoms with Crippen molar-refractivity contribution in [3.63, 3.8) is 0 Å². The molecule has 0 spiro atoms. The van der Waals surface area contributed by atoms with E-state index >= 15 is 0 Å². The van der Waals surface area contributed by atoms with Crippen molar-refractivity contribution in [1.29, 1.82) is 0 Å². The fourth-order valence-electron chi connectivity index (χ4n) is 3.24. The van der Waals surface area contributed by atoms with Crippen molar-refractivity contribution in [3.8, 4) is 0 Å². The number of unbranched alkanes of at least 4 members (excludes halogenated alkanes) is 16. The maximum Gasteiger partial charge on any atom is 0.306 e. The number of hydrogen-bond acceptors (Lipinski definition) is 3. The molecular formula is C22H44O2S. The largest absolute Gasteiger partial charge is 0.452 e. The van der Waals surface area contributed by atoms with Crippen molar-refractivity contribution < 1.29 is 9.53 Å². The fraction of sp³-hybridized carbons (Fsp3) is 0.955. The second-order valence-corrected chi connectivity index (χ2v) is 8.22. The molecule has 0 amide bonds. The van der Waals surface area contributed by atoms with Crippen LogP contribution in [-0.2, 0) is 9.53 Å². The van der Waals surface area contributed by atoms with Crippen molar-refractivity contribution in [2.24, 2.45) is 0 Å². The molecule has 0 rings (SSSR count). The van der Waals surface area contributed by atoms with Gasteiger partial charge in [0.25, 0.3) is 0 Å². The number of rotatable bonds is 19. The Morgan fingerprint density at radius 1 is 0.680 bits per heavy atom. The zero-order valence-electron chi connectivity index (χ0n) is 17.1. The van der Waals surface area contributed by atoms with Crippen LogP contribution < -0.4 is 0 Å². The molecule has 0 bridgehead atoms. The number of thiol groups is 1. The van der Waals surface area contributed by atoms with E-state index in [0.29, 0.717) is 6.42 Å². The molecule has 0 heterocycles. The summed E-state index contributed by atoms with van der Waals surface area (Å²) in [5.74, 6) is -0.108. The molecular weight excluding hydrogens is 328 g/mol. The molecule has 2 nitrogen and oxygen atoms in total. The van der Waals surface area contributed by atoms with Gasteiger partial charge in [-0.3, -0.25) is 4.79 Å². The lowest BCUT2D eigenvalue weighted by atomic mass is 10.0. The van der Waals surface area contributed by atoms with E-state index < -0.39 is 0 Å². The predicted octanol–water partition coefficient (Wildman–Crippen LogP) is 7.85. The Hall–Kier alpha value is -0.180. The number of carbonyl (C=O) groups is 1. The van der Waals surface area contributed by atoms with Crippen LogP contribution in [0.25, 0.3) is 0 Å². The van der Waals surface area contributed by atoms with Crippen LogP contribution >= 0.6 is 12.6 Å². The highest BCUT2D eigenvalue weighted by molar-refractivity contribution is 7.80. The van der Waals surface area contributed by atoms with Crippen molar-refractivity contribution in [1.82, 2.24) is 0 Å². The Bertz CT molecular complexity index is 279. The van der Waals surface area contributed by atoms with Gasteiger partial charge in [0, 0.05) is 6.42 Å². The maximum atomic E-state index is 11.3. The van der Waals surface area contributed by atoms with Crippen LogP contribution in [-0.4, -0.2) is 11.4 Å². The van der Waals surface area contributed by atoms with Gasteiger partial charge in [0.2, 0.25) is 0 Å². The number of ether oxygens (including phenoxy) is 1. The number of hydrogen-bond donors (Lipinski definition) is 1. The molecule has 0 aromatic carbocycles. The van der Waals surface area contributed by atoms with E-state index in [1.807, 2.05) is 0 Å². The van der Waals surface area contributed by atoms with E-state index in [0.717, 1.165) is 12.8 Å². The SMILES string of the molecule is CCCCCCCCCCCCCCCCCCCC(=O)OC(C)S. The van der Waals surface area contributed by atoms with E-state index in [2.05, 4.69) is 19.6 Å². The van der Waals surface area contributed by atoms with E-state index in [1.165, 1.54) is 96.3 Å². The van der Waals surface area contributed by atoms with E-state index in [-0.39, 0.29) is 11.4 Å². The van der Waals surface area contributed by atoms with Crippen LogP contribution in [0, 0.1) is 0 Å². The molecule has 0 aliphatic heterocycles. The molecule has 0 radical (unpaired) electrons. The minimum Gasteiger partial charge on any atom is -0.452 e. The molecule has 1 unspecified atom stereocenters. The Labute approximate surface area is 163 Å². The molecule has 0 aromatic heterocycles. The second-order valence-electron chi connectivity index (χ2n) is 7.50. The molecule has 3 heteroatoms. The van der Waals surface area contributed by atoms with Gasteiger partial charge in [-0.2, -0.15) is 0 Å². The van der Waals surface area contributed by atoms with Gasteiger partial charge in [-0.05, 0) is 13.3 Å². The summed E-state index contributed by atoms with van der Waals surface area (Å²) in [6.45, 7) is 4.06. The van der Waals surface area contributed by atoms with Gasteiger partial charge in [-0.1, -0.05) is 110 Å². The lowest BCUT2D eigenvalue weighted by Gasteiger charge is -2.06. The highest BCUT2D eigenvalue weighted by Crippen LogP contribution is 2.14. The third-order valence-corrected chi connectivity index (χ3v) is 4.89. The van der Waals surface area contributed by atoms with Crippen LogP contribution in [0.4, 0.5) is 0 Å². The van der Waals surface area contributed by atoms with Crippen LogP contribution in [0.5, 0.6) is 0 Å². The summed E-state index contributed by atoms with van der Waals surface area (Å²) in [5, 5.41) is 0. The monoisotopic (exact) mass is 372 g/mol. The van der Waals surface area contributed by atoms with Crippen molar-refractivity contribution in [2.75, 3.05) is 0 Å². The number of esters is 1. The summed E-state index contributed by atoms with van der Waals surface area (Å²) < 4.78 is 5.00. The van der Waals surface area contributed by atoms with Crippen LogP contribution in [0.15, 0.2) is 0 Å². The molecule has 0 saturated carbocycles. The Morgan fingerprint density at radius 2 is 1.00 bits per heavy atom. The molecule has 150 valence electrons. The molecule has 0 aliphatic carbocycles. The van der Waals surface area contributed by atoms with Gasteiger partial charge in [0.15, 0.2) is 0 Å². The summed E-state index contributed by atoms with van der Waals surface area (Å²) >= 11 is 4.05. The van der Waals surface area contributed by atoms with Crippen molar-refractivity contribution in [3.05, 3.63) is 0 Å². The minimum absolute atomic E-state index is 0.108. The molecule has 0 aromatic rings. The molecule has 0 saturated heterocycles. The van der Waals surface area contributed by atoms with E-state index in [4.69, 9.17) is 4.74 Å². The first kappa shape index (κ1) is 24.8. The maximum absolute atomic E-state index is 11.3. The number of carbonyl (C=O) groups excluding carboxylic acids is 1. The standard InChI is InChI=1S/C22H44O2S/c1-3-4-5-6-7-8-9-10-11-12-13-14-15-16-17-18-19-20-22(23)24-21(2)25/h21,25H,3-20H2,1-2H3. The first-order valence-corrected chi connectivity index (χ1v) is 11.6. The third kappa shape index (κ3) is 21.8. The van der Waals surface area contributed by atoms with Crippen molar-refractivity contribution >= 4 is 18.6 Å². The van der Waals surface area contributed by atoms with Gasteiger partial charge >= 0.3 is 5.97 Å². The molecule has 25 heavy (non-hydrogen) atoms. The first-order valence-electron chi connectivity index (χ1n) is 11.0. The molecule has 0 fully saturated rings. The Balaban J connectivity index is 3.06. The van der Waals surface area contributed by atoms with E-state index in [1.54, 1.807) is 6.92 Å². The zero-order chi connectivity index (χ0) is 18.6. The Kier molecular flexibility index (Phi) is 20.0. The average Bonchev–Trinajstić information content (AvgIpc) is 2.57. The van der Waals surface area contributed by atoms with Gasteiger partial charge in [0.05, 0.1) is 0 Å². The second kappa shape index (κ2) is 20.1. The van der Waals surface area contributed by atoms with Crippen molar-refractivity contribution in [2.45, 2.75) is 135 Å². The van der Waals surface area contributed by atoms with Gasteiger partial charge in [-0.25, -0.2) is 0 Å². The fourth-order valence-corrected chi connectivity index (χ4v) is 3.36. The normalized spacial score (nSPS) is 12.3. The van der Waals surface area contributed by atoms with Crippen LogP contribution in [0.1, 0.15) is 129 Å². The summed E-state index contributed by atoms with van der Waals surface area (Å²) in [5.41, 5.74) is -0.279. The lowest BCUT2D eigenvalue weighted by Crippen LogP contribution is -2.08. The summed E-state index contributed by atoms with van der Waals surface area (Å²) in [7, 11) is 0. The molecule has 0 aliphatic rings. The van der Waals surface area contributed by atoms with Gasteiger partial charge in [-0.15, -0.1) is 12.6 Å². The minimum atomic E-state index is -0.279. The molecule has 0 N–H and O–H groups in total. The smallest absolute Gasteiger partial charge is 0.306 e. The highest BCUT2D eigenvalue weighted by Gasteiger charge is 2.04. The van der Waals surface area contributed by atoms with Gasteiger partial charge in [0.1, 0.15) is 5.44 Å². The van der Waals surface area contributed by atoms with Gasteiger partial charge < -0.3 is 4.74 Å². The first-order chi connectivity index (χ1) is 12.2. The third-order valence-electron chi connectivity index (χ3n) is 4.79. The summed E-state index contributed by atoms with van der Waals surface area (Å²) in [4.78, 5) is 11.3. The van der Waals surface area contributed by atoms with Crippen LogP contribution in [0.3, 0.4) is 0 Å². The lowest BCUT2D eigenvalue weighted by molar-refractivity contribution is -0.144. The predicted molar refractivity (Wildman–Crippen MR) is 113 cm³/mol. The topological polar surface area (TPSA) is 26.3 Å². The molecule has 1 atom stereocenters. The zero-order valence-corrected chi connectivity index (χ0v) is 18.0. The summed E-state index contributed by atoms with van der Waals surface area (Å²) in [6, 6.07) is 0.